The van der Waals surface area contributed by atoms with E-state index in [-0.39, 0.29) is 0 Å². The quantitative estimate of drug-likeness (QED) is 0.340. The Hall–Kier alpha value is -1.26. The van der Waals surface area contributed by atoms with Gasteiger partial charge in [0.25, 0.3) is 0 Å². The summed E-state index contributed by atoms with van der Waals surface area (Å²) >= 11 is 0.930. The fourth-order valence-corrected chi connectivity index (χ4v) is 1.66. The molecule has 2 atom stereocenters. The second kappa shape index (κ2) is 5.72. The fraction of sp³-hybridized carbons (Fsp3) is 0.300. The van der Waals surface area contributed by atoms with Gasteiger partial charge in [-0.25, -0.2) is 0 Å². The van der Waals surface area contributed by atoms with Crippen LogP contribution in [0.1, 0.15) is 11.7 Å². The highest BCUT2D eigenvalue weighted by Gasteiger charge is 2.20. The van der Waals surface area contributed by atoms with Crippen LogP contribution in [0.25, 0.3) is 0 Å². The molecule has 0 spiro atoms. The predicted molar refractivity (Wildman–Crippen MR) is 60.4 cm³/mol. The number of thioether (sulfide) groups is 1. The lowest BCUT2D eigenvalue weighted by Gasteiger charge is -2.18. The summed E-state index contributed by atoms with van der Waals surface area (Å²) in [6.45, 7) is -0.559. The van der Waals surface area contributed by atoms with E-state index in [1.54, 1.807) is 12.1 Å². The van der Waals surface area contributed by atoms with Crippen LogP contribution in [-0.4, -0.2) is 28.0 Å². The molecule has 1 aromatic carbocycles. The largest absolute Gasteiger partial charge is 0.398 e. The first-order valence-electron chi connectivity index (χ1n) is 4.52. The van der Waals surface area contributed by atoms with Crippen molar-refractivity contribution in [3.05, 3.63) is 23.8 Å². The average Bonchev–Trinajstić information content (AvgIpc) is 2.30. The van der Waals surface area contributed by atoms with E-state index in [0.717, 1.165) is 11.8 Å². The van der Waals surface area contributed by atoms with Gasteiger partial charge in [0.1, 0.15) is 17.6 Å². The molecule has 5 nitrogen and oxygen atoms in total. The first-order chi connectivity index (χ1) is 7.60. The van der Waals surface area contributed by atoms with Crippen molar-refractivity contribution in [3.8, 4) is 5.40 Å². The Bertz CT molecular complexity index is 406. The normalized spacial score (nSPS) is 14.1. The van der Waals surface area contributed by atoms with Crippen LogP contribution in [0.2, 0.25) is 0 Å². The molecule has 0 saturated heterocycles. The molecule has 5 N–H and O–H groups in total. The summed E-state index contributed by atoms with van der Waals surface area (Å²) in [4.78, 5) is 0.621. The van der Waals surface area contributed by atoms with Crippen molar-refractivity contribution in [2.24, 2.45) is 0 Å². The molecule has 0 aliphatic carbocycles. The molecule has 1 aromatic rings. The third kappa shape index (κ3) is 2.87. The second-order valence-electron chi connectivity index (χ2n) is 3.18. The molecular formula is C10H12N2O3S. The van der Waals surface area contributed by atoms with Gasteiger partial charge in [0.15, 0.2) is 0 Å². The molecule has 0 aliphatic rings. The Kier molecular flexibility index (Phi) is 4.58. The van der Waals surface area contributed by atoms with E-state index in [1.807, 2.05) is 5.40 Å². The summed E-state index contributed by atoms with van der Waals surface area (Å²) in [6, 6.07) is 4.71. The van der Waals surface area contributed by atoms with E-state index < -0.39 is 18.8 Å². The molecule has 0 bridgehead atoms. The molecule has 0 saturated carbocycles. The lowest BCUT2D eigenvalue weighted by atomic mass is 10.0. The van der Waals surface area contributed by atoms with Gasteiger partial charge in [0.2, 0.25) is 0 Å². The Morgan fingerprint density at radius 2 is 2.12 bits per heavy atom. The van der Waals surface area contributed by atoms with Crippen molar-refractivity contribution in [1.82, 2.24) is 0 Å². The topological polar surface area (TPSA) is 111 Å². The number of benzene rings is 1. The molecule has 2 unspecified atom stereocenters. The van der Waals surface area contributed by atoms with Crippen LogP contribution in [-0.2, 0) is 0 Å². The van der Waals surface area contributed by atoms with E-state index in [1.165, 1.54) is 6.07 Å². The maximum Gasteiger partial charge on any atom is 0.138 e. The molecule has 6 heteroatoms. The van der Waals surface area contributed by atoms with Crippen LogP contribution in [0.5, 0.6) is 0 Å². The van der Waals surface area contributed by atoms with Crippen LogP contribution >= 0.6 is 11.8 Å². The number of anilines is 1. The number of nitrogens with two attached hydrogens (primary N) is 1. The molecule has 1 rings (SSSR count). The average molecular weight is 240 g/mol. The van der Waals surface area contributed by atoms with E-state index in [2.05, 4.69) is 0 Å². The van der Waals surface area contributed by atoms with Gasteiger partial charge < -0.3 is 21.1 Å². The monoisotopic (exact) mass is 240 g/mol. The number of aliphatic hydroxyl groups is 3. The van der Waals surface area contributed by atoms with Crippen LogP contribution in [0.15, 0.2) is 23.1 Å². The SMILES string of the molecule is N#CSc1ccc(N)c(C(O)C(O)CO)c1. The number of hydrogen-bond acceptors (Lipinski definition) is 6. The first-order valence-corrected chi connectivity index (χ1v) is 5.34. The number of thiocyanates is 1. The number of hydrogen-bond donors (Lipinski definition) is 4. The van der Waals surface area contributed by atoms with E-state index in [4.69, 9.17) is 16.1 Å². The number of nitrogens with zero attached hydrogens (tertiary/aromatic N) is 1. The van der Waals surface area contributed by atoms with Gasteiger partial charge in [0, 0.05) is 16.1 Å². The molecular weight excluding hydrogens is 228 g/mol. The predicted octanol–water partition coefficient (Wildman–Crippen LogP) is 0.229. The van der Waals surface area contributed by atoms with Gasteiger partial charge in [-0.1, -0.05) is 0 Å². The minimum absolute atomic E-state index is 0.307. The van der Waals surface area contributed by atoms with E-state index in [0.29, 0.717) is 16.1 Å². The minimum Gasteiger partial charge on any atom is -0.398 e. The van der Waals surface area contributed by atoms with Gasteiger partial charge in [-0.2, -0.15) is 5.26 Å². The van der Waals surface area contributed by atoms with Crippen molar-refractivity contribution in [2.75, 3.05) is 12.3 Å². The zero-order valence-corrected chi connectivity index (χ0v) is 9.18. The molecule has 0 aliphatic heterocycles. The standard InChI is InChI=1S/C10H12N2O3S/c11-5-16-6-1-2-8(12)7(3-6)10(15)9(14)4-13/h1-3,9-10,13-15H,4,12H2. The minimum atomic E-state index is -1.29. The summed E-state index contributed by atoms with van der Waals surface area (Å²) in [5, 5.41) is 38.1. The van der Waals surface area contributed by atoms with E-state index in [9.17, 15) is 10.2 Å². The van der Waals surface area contributed by atoms with Crippen molar-refractivity contribution < 1.29 is 15.3 Å². The summed E-state index contributed by atoms with van der Waals surface area (Å²) < 4.78 is 0. The molecule has 0 fully saturated rings. The molecule has 16 heavy (non-hydrogen) atoms. The van der Waals surface area contributed by atoms with Crippen LogP contribution < -0.4 is 5.73 Å². The summed E-state index contributed by atoms with van der Waals surface area (Å²) in [5.41, 5.74) is 6.25. The Labute approximate surface area is 97.1 Å². The highest BCUT2D eigenvalue weighted by atomic mass is 32.2. The summed E-state index contributed by atoms with van der Waals surface area (Å²) in [6.07, 6.45) is -2.55. The molecule has 86 valence electrons. The van der Waals surface area contributed by atoms with Crippen molar-refractivity contribution in [2.45, 2.75) is 17.1 Å². The number of aliphatic hydroxyl groups excluding tert-OH is 3. The van der Waals surface area contributed by atoms with Crippen molar-refractivity contribution in [3.63, 3.8) is 0 Å². The number of nitriles is 1. The lowest BCUT2D eigenvalue weighted by molar-refractivity contribution is -0.0149. The summed E-state index contributed by atoms with van der Waals surface area (Å²) in [5.74, 6) is 0. The zero-order chi connectivity index (χ0) is 12.1. The first kappa shape index (κ1) is 12.8. The van der Waals surface area contributed by atoms with Gasteiger partial charge >= 0.3 is 0 Å². The molecule has 0 aromatic heterocycles. The van der Waals surface area contributed by atoms with E-state index >= 15 is 0 Å². The third-order valence-corrected chi connectivity index (χ3v) is 2.67. The lowest BCUT2D eigenvalue weighted by Crippen LogP contribution is -2.22. The third-order valence-electron chi connectivity index (χ3n) is 2.09. The highest BCUT2D eigenvalue weighted by Crippen LogP contribution is 2.28. The van der Waals surface area contributed by atoms with Crippen molar-refractivity contribution in [1.29, 1.82) is 5.26 Å². The fourth-order valence-electron chi connectivity index (χ4n) is 1.23. The van der Waals surface area contributed by atoms with Gasteiger partial charge in [-0.05, 0) is 30.0 Å². The highest BCUT2D eigenvalue weighted by molar-refractivity contribution is 8.03. The van der Waals surface area contributed by atoms with Crippen LogP contribution in [0, 0.1) is 10.7 Å². The zero-order valence-electron chi connectivity index (χ0n) is 8.37. The van der Waals surface area contributed by atoms with Gasteiger partial charge in [0.05, 0.1) is 6.61 Å². The molecule has 0 heterocycles. The second-order valence-corrected chi connectivity index (χ2v) is 4.04. The maximum absolute atomic E-state index is 9.68. The molecule has 0 amide bonds. The Morgan fingerprint density at radius 1 is 1.44 bits per heavy atom. The smallest absolute Gasteiger partial charge is 0.138 e. The Morgan fingerprint density at radius 3 is 2.69 bits per heavy atom. The number of rotatable bonds is 4. The molecule has 0 radical (unpaired) electrons. The van der Waals surface area contributed by atoms with Crippen LogP contribution in [0.3, 0.4) is 0 Å². The van der Waals surface area contributed by atoms with Gasteiger partial charge in [-0.3, -0.25) is 0 Å². The summed E-state index contributed by atoms with van der Waals surface area (Å²) in [7, 11) is 0. The number of nitrogen functional groups attached to an aromatic ring is 1. The van der Waals surface area contributed by atoms with Crippen molar-refractivity contribution >= 4 is 17.4 Å². The van der Waals surface area contributed by atoms with Crippen LogP contribution in [0.4, 0.5) is 5.69 Å². The Balaban J connectivity index is 3.02. The maximum atomic E-state index is 9.68. The van der Waals surface area contributed by atoms with Gasteiger partial charge in [-0.15, -0.1) is 0 Å².